The number of benzene rings is 1. The van der Waals surface area contributed by atoms with Gasteiger partial charge >= 0.3 is 0 Å². The molecule has 1 aliphatic heterocycles. The molecule has 3 aromatic heterocycles. The van der Waals surface area contributed by atoms with E-state index in [0.29, 0.717) is 22.9 Å². The third-order valence-corrected chi connectivity index (χ3v) is 5.49. The molecule has 2 N–H and O–H groups in total. The lowest BCUT2D eigenvalue weighted by atomic mass is 9.96. The molecule has 1 saturated heterocycles. The van der Waals surface area contributed by atoms with Gasteiger partial charge in [-0.3, -0.25) is 4.79 Å². The lowest BCUT2D eigenvalue weighted by Crippen LogP contribution is -2.28. The highest BCUT2D eigenvalue weighted by molar-refractivity contribution is 6.07. The third kappa shape index (κ3) is 3.46. The minimum atomic E-state index is -0.259. The smallest absolute Gasteiger partial charge is 0.262 e. The van der Waals surface area contributed by atoms with Gasteiger partial charge in [-0.2, -0.15) is 10.2 Å². The highest BCUT2D eigenvalue weighted by Crippen LogP contribution is 2.27. The maximum Gasteiger partial charge on any atom is 0.262 e. The molecule has 0 radical (unpaired) electrons. The summed E-state index contributed by atoms with van der Waals surface area (Å²) in [6.07, 6.45) is 7.17. The average Bonchev–Trinajstić information content (AvgIpc) is 3.39. The Morgan fingerprint density at radius 1 is 1.27 bits per heavy atom. The van der Waals surface area contributed by atoms with Crippen molar-refractivity contribution in [2.75, 3.05) is 18.4 Å². The summed E-state index contributed by atoms with van der Waals surface area (Å²) in [4.78, 5) is 17.3. The molecule has 1 atom stereocenters. The van der Waals surface area contributed by atoms with E-state index >= 15 is 0 Å². The van der Waals surface area contributed by atoms with Gasteiger partial charge in [-0.25, -0.2) is 14.2 Å². The minimum absolute atomic E-state index is 0.259. The Balaban J connectivity index is 1.51. The van der Waals surface area contributed by atoms with Gasteiger partial charge in [0.05, 0.1) is 17.6 Å². The maximum absolute atomic E-state index is 13.1. The standard InChI is InChI=1S/C22H23N7O/c1-15-5-7-17(8-6-15)29-20(12-19(27-29)16-4-2-9-23-13-16)26-22(30)18-14-25-28-11-3-10-24-21(18)28/h3,5-8,10-12,14,16,23H,2,4,9,13H2,1H3,(H,26,30). The number of aromatic nitrogens is 5. The number of carbonyl (C=O) groups is 1. The zero-order valence-electron chi connectivity index (χ0n) is 16.7. The Morgan fingerprint density at radius 2 is 2.13 bits per heavy atom. The van der Waals surface area contributed by atoms with Crippen LogP contribution in [0.15, 0.2) is 55.0 Å². The molecule has 5 rings (SSSR count). The lowest BCUT2D eigenvalue weighted by Gasteiger charge is -2.20. The first kappa shape index (κ1) is 18.5. The maximum atomic E-state index is 13.1. The van der Waals surface area contributed by atoms with Crippen LogP contribution in [0.2, 0.25) is 0 Å². The van der Waals surface area contributed by atoms with E-state index in [-0.39, 0.29) is 5.91 Å². The van der Waals surface area contributed by atoms with E-state index in [1.165, 1.54) is 11.8 Å². The number of piperidine rings is 1. The van der Waals surface area contributed by atoms with Gasteiger partial charge in [0.1, 0.15) is 11.4 Å². The van der Waals surface area contributed by atoms with Gasteiger partial charge in [-0.1, -0.05) is 17.7 Å². The molecule has 0 bridgehead atoms. The molecule has 152 valence electrons. The van der Waals surface area contributed by atoms with Crippen LogP contribution in [0.25, 0.3) is 11.3 Å². The van der Waals surface area contributed by atoms with Gasteiger partial charge in [-0.05, 0) is 44.5 Å². The monoisotopic (exact) mass is 401 g/mol. The predicted octanol–water partition coefficient (Wildman–Crippen LogP) is 2.94. The number of nitrogens with zero attached hydrogens (tertiary/aromatic N) is 5. The molecule has 1 aromatic carbocycles. The number of hydrogen-bond acceptors (Lipinski definition) is 5. The summed E-state index contributed by atoms with van der Waals surface area (Å²) in [5.41, 5.74) is 4.01. The average molecular weight is 401 g/mol. The Morgan fingerprint density at radius 3 is 2.93 bits per heavy atom. The molecule has 30 heavy (non-hydrogen) atoms. The summed E-state index contributed by atoms with van der Waals surface area (Å²) in [7, 11) is 0. The van der Waals surface area contributed by atoms with Crippen LogP contribution in [0, 0.1) is 6.92 Å². The third-order valence-electron chi connectivity index (χ3n) is 5.49. The number of hydrogen-bond donors (Lipinski definition) is 2. The Labute approximate surface area is 173 Å². The van der Waals surface area contributed by atoms with Gasteiger partial charge in [0.25, 0.3) is 5.91 Å². The van der Waals surface area contributed by atoms with E-state index in [9.17, 15) is 4.79 Å². The van der Waals surface area contributed by atoms with Gasteiger partial charge < -0.3 is 10.6 Å². The summed E-state index contributed by atoms with van der Waals surface area (Å²) >= 11 is 0. The van der Waals surface area contributed by atoms with Crippen LogP contribution in [-0.2, 0) is 0 Å². The van der Waals surface area contributed by atoms with Crippen LogP contribution in [0.3, 0.4) is 0 Å². The summed E-state index contributed by atoms with van der Waals surface area (Å²) in [5, 5.41) is 15.5. The van der Waals surface area contributed by atoms with E-state index in [1.807, 2.05) is 37.3 Å². The Hall–Kier alpha value is -3.52. The fourth-order valence-corrected chi connectivity index (χ4v) is 3.85. The number of anilines is 1. The summed E-state index contributed by atoms with van der Waals surface area (Å²) in [5.74, 6) is 0.713. The first-order valence-electron chi connectivity index (χ1n) is 10.2. The molecule has 1 fully saturated rings. The van der Waals surface area contributed by atoms with Crippen molar-refractivity contribution in [3.05, 3.63) is 71.8 Å². The quantitative estimate of drug-likeness (QED) is 0.549. The highest BCUT2D eigenvalue weighted by atomic mass is 16.1. The van der Waals surface area contributed by atoms with Crippen LogP contribution >= 0.6 is 0 Å². The second-order valence-corrected chi connectivity index (χ2v) is 7.65. The number of nitrogens with one attached hydrogen (secondary N) is 2. The molecular weight excluding hydrogens is 378 g/mol. The van der Waals surface area contributed by atoms with Crippen LogP contribution in [0.5, 0.6) is 0 Å². The number of rotatable bonds is 4. The summed E-state index contributed by atoms with van der Waals surface area (Å²) < 4.78 is 3.39. The van der Waals surface area contributed by atoms with Crippen LogP contribution in [0.4, 0.5) is 5.82 Å². The van der Waals surface area contributed by atoms with E-state index < -0.39 is 0 Å². The molecule has 4 heterocycles. The number of amides is 1. The SMILES string of the molecule is Cc1ccc(-n2nc(C3CCCNC3)cc2NC(=O)c2cnn3cccnc23)cc1. The highest BCUT2D eigenvalue weighted by Gasteiger charge is 2.22. The summed E-state index contributed by atoms with van der Waals surface area (Å²) in [6, 6.07) is 11.9. The summed E-state index contributed by atoms with van der Waals surface area (Å²) in [6.45, 7) is 3.99. The van der Waals surface area contributed by atoms with E-state index in [2.05, 4.69) is 20.7 Å². The van der Waals surface area contributed by atoms with E-state index in [1.54, 1.807) is 27.7 Å². The van der Waals surface area contributed by atoms with Gasteiger partial charge in [-0.15, -0.1) is 0 Å². The van der Waals surface area contributed by atoms with Crippen LogP contribution in [-0.4, -0.2) is 43.4 Å². The minimum Gasteiger partial charge on any atom is -0.316 e. The van der Waals surface area contributed by atoms with Gasteiger partial charge in [0.2, 0.25) is 0 Å². The number of aryl methyl sites for hydroxylation is 1. The van der Waals surface area contributed by atoms with Crippen molar-refractivity contribution in [3.8, 4) is 5.69 Å². The first-order valence-corrected chi connectivity index (χ1v) is 10.2. The molecule has 1 aliphatic rings. The first-order chi connectivity index (χ1) is 14.7. The molecular formula is C22H23N7O. The largest absolute Gasteiger partial charge is 0.316 e. The molecule has 1 amide bonds. The predicted molar refractivity (Wildman–Crippen MR) is 114 cm³/mol. The number of fused-ring (bicyclic) bond motifs is 1. The van der Waals surface area contributed by atoms with Gasteiger partial charge in [0.15, 0.2) is 5.65 Å². The fraction of sp³-hybridized carbons (Fsp3) is 0.273. The van der Waals surface area contributed by atoms with Crippen molar-refractivity contribution in [1.82, 2.24) is 29.7 Å². The second-order valence-electron chi connectivity index (χ2n) is 7.65. The Bertz CT molecular complexity index is 1190. The van der Waals surface area contributed by atoms with Crippen molar-refractivity contribution in [1.29, 1.82) is 0 Å². The van der Waals surface area contributed by atoms with Crippen molar-refractivity contribution in [2.24, 2.45) is 0 Å². The van der Waals surface area contributed by atoms with Crippen LogP contribution in [0.1, 0.15) is 40.4 Å². The van der Waals surface area contributed by atoms with Crippen LogP contribution < -0.4 is 10.6 Å². The second kappa shape index (κ2) is 7.72. The van der Waals surface area contributed by atoms with Crippen molar-refractivity contribution < 1.29 is 4.79 Å². The number of carbonyl (C=O) groups excluding carboxylic acids is 1. The molecule has 8 heteroatoms. The molecule has 0 spiro atoms. The molecule has 1 unspecified atom stereocenters. The van der Waals surface area contributed by atoms with Crippen molar-refractivity contribution >= 4 is 17.4 Å². The van der Waals surface area contributed by atoms with E-state index in [4.69, 9.17) is 5.10 Å². The fourth-order valence-electron chi connectivity index (χ4n) is 3.85. The van der Waals surface area contributed by atoms with Crippen molar-refractivity contribution in [3.63, 3.8) is 0 Å². The van der Waals surface area contributed by atoms with Gasteiger partial charge in [0, 0.05) is 30.9 Å². The molecule has 0 saturated carbocycles. The molecule has 8 nitrogen and oxygen atoms in total. The zero-order valence-corrected chi connectivity index (χ0v) is 16.7. The van der Waals surface area contributed by atoms with Crippen molar-refractivity contribution in [2.45, 2.75) is 25.7 Å². The lowest BCUT2D eigenvalue weighted by molar-refractivity contribution is 0.102. The Kier molecular flexibility index (Phi) is 4.76. The molecule has 4 aromatic rings. The zero-order chi connectivity index (χ0) is 20.5. The normalized spacial score (nSPS) is 16.6. The van der Waals surface area contributed by atoms with E-state index in [0.717, 1.165) is 37.3 Å². The topological polar surface area (TPSA) is 89.1 Å². The molecule has 0 aliphatic carbocycles.